The van der Waals surface area contributed by atoms with Gasteiger partial charge in [0.15, 0.2) is 17.1 Å². The number of aliphatic hydroxyl groups is 3. The highest BCUT2D eigenvalue weighted by Crippen LogP contribution is 2.42. The monoisotopic (exact) mass is 1570 g/mol. The van der Waals surface area contributed by atoms with Crippen LogP contribution in [0.25, 0.3) is 11.4 Å². The van der Waals surface area contributed by atoms with E-state index in [9.17, 15) is 29.7 Å². The average molecular weight is 1580 g/mol. The molecule has 0 aliphatic heterocycles. The summed E-state index contributed by atoms with van der Waals surface area (Å²) < 4.78 is 3.65. The van der Waals surface area contributed by atoms with Crippen LogP contribution in [-0.2, 0) is 44.9 Å². The Morgan fingerprint density at radius 2 is 0.794 bits per heavy atom. The van der Waals surface area contributed by atoms with Crippen molar-refractivity contribution in [1.82, 2.24) is 45.7 Å². The molecule has 3 aliphatic rings. The Morgan fingerprint density at radius 1 is 0.411 bits per heavy atom. The van der Waals surface area contributed by atoms with Gasteiger partial charge < -0.3 is 31.3 Å². The predicted molar refractivity (Wildman–Crippen MR) is 428 cm³/mol. The summed E-state index contributed by atoms with van der Waals surface area (Å²) in [5.74, 6) is -0.379. The number of fused-ring (bicyclic) bond motifs is 3. The van der Waals surface area contributed by atoms with E-state index in [4.69, 9.17) is 91.4 Å². The molecule has 14 rings (SSSR count). The number of aromatic amines is 1. The smallest absolute Gasteiger partial charge is 0.272 e. The van der Waals surface area contributed by atoms with Gasteiger partial charge >= 0.3 is 0 Å². The number of amides is 3. The molecular formula is C85H84Cl7N9O6. The van der Waals surface area contributed by atoms with Crippen molar-refractivity contribution < 1.29 is 29.7 Å². The van der Waals surface area contributed by atoms with Crippen LogP contribution in [0.4, 0.5) is 0 Å². The standard InChI is InChI=1S/C31H30Cl3N3O2.C30H28Cl3N3O2.C24H26ClN3O2/c32-23-11-6-9-21(16-23)15-22-10-4-5-12-26-29(31(39)35-25(19-38)17-20-7-2-1-3-8-20)36-37(30(22)26)28-14-13-24(33)18-27(28)34;31-22-11-6-7-19(16-22)15-21-10-4-5-12-24-28(30(38)34-26(18-37)20-8-2-1-3-9-20)35-36(29(21)24)27-14-13-23(32)17-25(27)33;25-19-11-6-7-16(14-19)13-18-10-4-5-12-20-22(18)27-28-23(20)24(30)26-21(15-29)17-8-2-1-3-9-17/h1-3,6-9,11,13-14,16,18,22,25,38H,4-5,10,12,15,17,19H2,(H,35,39);1-3,6-9,11,13-14,16-17,21,26,37H,4-5,10,12,15,18H2,(H,34,38);1-3,6-9,11,14,18,21,29H,4-5,10,12-13,15H2,(H,26,30)(H,27,28)/t22?,25-;21-,26+;18?,21-/m101/s1. The molecule has 107 heavy (non-hydrogen) atoms. The molecule has 0 radical (unpaired) electrons. The summed E-state index contributed by atoms with van der Waals surface area (Å²) in [7, 11) is 0. The van der Waals surface area contributed by atoms with Gasteiger partial charge in [-0.2, -0.15) is 15.3 Å². The van der Waals surface area contributed by atoms with E-state index in [1.165, 1.54) is 5.56 Å². The minimum atomic E-state index is -0.545. The lowest BCUT2D eigenvalue weighted by Gasteiger charge is -2.19. The second kappa shape index (κ2) is 37.7. The lowest BCUT2D eigenvalue weighted by Crippen LogP contribution is -2.39. The molecule has 15 nitrogen and oxygen atoms in total. The number of carbonyl (C=O) groups excluding carboxylic acids is 3. The number of halogens is 7. The first-order chi connectivity index (χ1) is 52.0. The highest BCUT2D eigenvalue weighted by Gasteiger charge is 2.35. The van der Waals surface area contributed by atoms with Gasteiger partial charge in [-0.1, -0.05) is 228 Å². The Labute approximate surface area is 658 Å². The van der Waals surface area contributed by atoms with Crippen molar-refractivity contribution in [1.29, 1.82) is 0 Å². The Bertz CT molecular complexity index is 4840. The first-order valence-electron chi connectivity index (χ1n) is 36.4. The van der Waals surface area contributed by atoms with Crippen LogP contribution in [0, 0.1) is 0 Å². The Morgan fingerprint density at radius 3 is 1.21 bits per heavy atom. The van der Waals surface area contributed by atoms with E-state index in [0.717, 1.165) is 163 Å². The average Bonchev–Trinajstić information content (AvgIpc) is 1.62. The van der Waals surface area contributed by atoms with Crippen LogP contribution in [0.1, 0.15) is 186 Å². The van der Waals surface area contributed by atoms with E-state index >= 15 is 0 Å². The van der Waals surface area contributed by atoms with Crippen molar-refractivity contribution in [2.75, 3.05) is 19.8 Å². The second-order valence-electron chi connectivity index (χ2n) is 27.5. The van der Waals surface area contributed by atoms with Gasteiger partial charge in [0, 0.05) is 65.3 Å². The molecular weight excluding hydrogens is 1490 g/mol. The summed E-state index contributed by atoms with van der Waals surface area (Å²) in [6, 6.07) is 61.6. The van der Waals surface area contributed by atoms with Gasteiger partial charge in [0.1, 0.15) is 0 Å². The van der Waals surface area contributed by atoms with Gasteiger partial charge in [-0.25, -0.2) is 9.36 Å². The van der Waals surface area contributed by atoms with Crippen LogP contribution in [0.5, 0.6) is 0 Å². The molecule has 0 spiro atoms. The molecule has 6 atom stereocenters. The fourth-order valence-electron chi connectivity index (χ4n) is 15.0. The number of H-pyrrole nitrogens is 1. The van der Waals surface area contributed by atoms with Crippen LogP contribution in [-0.4, -0.2) is 88.7 Å². The quantitative estimate of drug-likeness (QED) is 0.0341. The number of rotatable bonds is 21. The Balaban J connectivity index is 0.000000152. The first-order valence-corrected chi connectivity index (χ1v) is 39.0. The van der Waals surface area contributed by atoms with Crippen molar-refractivity contribution in [2.24, 2.45) is 0 Å². The van der Waals surface area contributed by atoms with Crippen LogP contribution in [0.3, 0.4) is 0 Å². The molecule has 2 unspecified atom stereocenters. The lowest BCUT2D eigenvalue weighted by atomic mass is 9.91. The third kappa shape index (κ3) is 20.0. The number of carbonyl (C=O) groups is 3. The van der Waals surface area contributed by atoms with E-state index in [1.54, 1.807) is 24.3 Å². The van der Waals surface area contributed by atoms with Crippen LogP contribution in [0.2, 0.25) is 35.2 Å². The number of nitrogens with zero attached hydrogens (tertiary/aromatic N) is 5. The first kappa shape index (κ1) is 78.3. The highest BCUT2D eigenvalue weighted by molar-refractivity contribution is 6.36. The van der Waals surface area contributed by atoms with E-state index in [2.05, 4.69) is 44.3 Å². The molecule has 0 fully saturated rings. The number of hydrogen-bond donors (Lipinski definition) is 7. The summed E-state index contributed by atoms with van der Waals surface area (Å²) in [4.78, 5) is 40.4. The summed E-state index contributed by atoms with van der Waals surface area (Å²) in [5.41, 5.74) is 14.6. The normalized spacial score (nSPS) is 16.2. The predicted octanol–water partition coefficient (Wildman–Crippen LogP) is 19.1. The molecule has 3 heterocycles. The van der Waals surface area contributed by atoms with Crippen molar-refractivity contribution in [3.05, 3.63) is 320 Å². The van der Waals surface area contributed by atoms with Gasteiger partial charge in [0.25, 0.3) is 17.7 Å². The SMILES string of the molecule is O=C(N[C@@H](CO)Cc1ccccc1)c1nn(-c2ccc(Cl)cc2Cl)c2c1CCCCC2Cc1cccc(Cl)c1.O=C(N[C@H](CO)c1ccccc1)c1n[nH]c2c1CCCCC2Cc1cccc(Cl)c1.O=C(N[C@H](CO)c1ccccc1)c1nn(-c2ccc(Cl)cc2Cl)c2c1CCCC[C@H]2Cc1cccc(Cl)c1. The van der Waals surface area contributed by atoms with E-state index in [0.29, 0.717) is 65.0 Å². The summed E-state index contributed by atoms with van der Waals surface area (Å²) in [6.45, 7) is -0.567. The maximum absolute atomic E-state index is 13.7. The summed E-state index contributed by atoms with van der Waals surface area (Å²) >= 11 is 44.5. The van der Waals surface area contributed by atoms with Crippen LogP contribution >= 0.6 is 81.2 Å². The fraction of sp³-hybridized carbons (Fsp3) is 0.294. The maximum Gasteiger partial charge on any atom is 0.272 e. The topological polar surface area (TPSA) is 212 Å². The second-order valence-corrected chi connectivity index (χ2v) is 30.5. The third-order valence-electron chi connectivity index (χ3n) is 20.1. The number of nitrogens with one attached hydrogen (secondary N) is 4. The molecule has 22 heteroatoms. The fourth-order valence-corrected chi connectivity index (χ4v) is 16.6. The molecule has 11 aromatic rings. The molecule has 554 valence electrons. The minimum absolute atomic E-state index is 0.106. The van der Waals surface area contributed by atoms with E-state index in [1.807, 2.05) is 167 Å². The van der Waals surface area contributed by atoms with Crippen LogP contribution in [0.15, 0.2) is 200 Å². The molecule has 3 amide bonds. The molecule has 3 aromatic heterocycles. The molecule has 0 bridgehead atoms. The van der Waals surface area contributed by atoms with E-state index in [-0.39, 0.29) is 55.3 Å². The summed E-state index contributed by atoms with van der Waals surface area (Å²) in [6.07, 6.45) is 14.2. The number of aliphatic hydroxyl groups excluding tert-OH is 3. The van der Waals surface area contributed by atoms with Crippen molar-refractivity contribution in [2.45, 2.75) is 139 Å². The van der Waals surface area contributed by atoms with Gasteiger partial charge in [0.05, 0.1) is 70.8 Å². The zero-order valence-corrected chi connectivity index (χ0v) is 64.2. The lowest BCUT2D eigenvalue weighted by molar-refractivity contribution is 0.0902. The third-order valence-corrected chi connectivity index (χ3v) is 21.9. The summed E-state index contributed by atoms with van der Waals surface area (Å²) in [5, 5.41) is 60.2. The van der Waals surface area contributed by atoms with Gasteiger partial charge in [-0.15, -0.1) is 0 Å². The molecule has 0 saturated heterocycles. The number of aromatic nitrogens is 6. The maximum atomic E-state index is 13.7. The zero-order chi connectivity index (χ0) is 74.9. The zero-order valence-electron chi connectivity index (χ0n) is 58.9. The molecule has 7 N–H and O–H groups in total. The minimum Gasteiger partial charge on any atom is -0.394 e. The van der Waals surface area contributed by atoms with Crippen molar-refractivity contribution >= 4 is 98.9 Å². The Hall–Kier alpha value is -8.29. The molecule has 3 aliphatic carbocycles. The molecule has 8 aromatic carbocycles. The van der Waals surface area contributed by atoms with Crippen molar-refractivity contribution in [3.63, 3.8) is 0 Å². The van der Waals surface area contributed by atoms with Gasteiger partial charge in [-0.05, 0) is 190 Å². The Kier molecular flexibility index (Phi) is 27.6. The van der Waals surface area contributed by atoms with Gasteiger partial charge in [-0.3, -0.25) is 19.5 Å². The number of benzene rings is 8. The van der Waals surface area contributed by atoms with Crippen molar-refractivity contribution in [3.8, 4) is 11.4 Å². The number of hydrogen-bond acceptors (Lipinski definition) is 9. The largest absolute Gasteiger partial charge is 0.394 e. The van der Waals surface area contributed by atoms with Crippen LogP contribution < -0.4 is 16.0 Å². The highest BCUT2D eigenvalue weighted by atomic mass is 35.5. The molecule has 0 saturated carbocycles. The van der Waals surface area contributed by atoms with E-state index < -0.39 is 18.1 Å². The van der Waals surface area contributed by atoms with Gasteiger partial charge in [0.2, 0.25) is 0 Å².